The molecule has 0 aromatic carbocycles. The molecule has 0 saturated heterocycles. The highest BCUT2D eigenvalue weighted by Crippen LogP contribution is 2.16. The fraction of sp³-hybridized carbons (Fsp3) is 0.364. The number of aromatic amines is 1. The first-order chi connectivity index (χ1) is 7.43. The highest BCUT2D eigenvalue weighted by Gasteiger charge is 2.11. The average Bonchev–Trinajstić information content (AvgIpc) is 2.23. The van der Waals surface area contributed by atoms with Gasteiger partial charge >= 0.3 is 5.69 Å². The smallest absolute Gasteiger partial charge is 0.291 e. The molecule has 0 spiro atoms. The van der Waals surface area contributed by atoms with Gasteiger partial charge in [-0.15, -0.1) is 0 Å². The summed E-state index contributed by atoms with van der Waals surface area (Å²) in [5.41, 5.74) is 2.32. The largest absolute Gasteiger partial charge is 0.329 e. The van der Waals surface area contributed by atoms with Gasteiger partial charge in [-0.1, -0.05) is 0 Å². The highest BCUT2D eigenvalue weighted by atomic mass is 16.2. The Bertz CT molecular complexity index is 695. The first kappa shape index (κ1) is 10.6. The van der Waals surface area contributed by atoms with Crippen LogP contribution in [0.25, 0.3) is 11.0 Å². The normalized spacial score (nSPS) is 11.0. The number of H-pyrrole nitrogens is 1. The molecule has 2 rings (SSSR count). The topological polar surface area (TPSA) is 67.8 Å². The van der Waals surface area contributed by atoms with Gasteiger partial charge in [-0.3, -0.25) is 14.3 Å². The second-order valence-electron chi connectivity index (χ2n) is 3.97. The molecule has 0 saturated carbocycles. The van der Waals surface area contributed by atoms with Crippen LogP contribution >= 0.6 is 0 Å². The van der Waals surface area contributed by atoms with E-state index in [0.717, 1.165) is 21.4 Å². The Kier molecular flexibility index (Phi) is 2.18. The molecule has 0 unspecified atom stereocenters. The molecule has 16 heavy (non-hydrogen) atoms. The van der Waals surface area contributed by atoms with Gasteiger partial charge in [-0.25, -0.2) is 9.78 Å². The molecule has 0 radical (unpaired) electrons. The van der Waals surface area contributed by atoms with E-state index in [1.807, 2.05) is 20.8 Å². The fourth-order valence-electron chi connectivity index (χ4n) is 1.74. The number of aryl methyl sites for hydroxylation is 2. The van der Waals surface area contributed by atoms with E-state index >= 15 is 0 Å². The quantitative estimate of drug-likeness (QED) is 0.703. The molecule has 2 aromatic heterocycles. The Morgan fingerprint density at radius 1 is 1.12 bits per heavy atom. The number of nitrogens with one attached hydrogen (secondary N) is 1. The molecule has 0 fully saturated rings. The number of hydrogen-bond acceptors (Lipinski definition) is 3. The van der Waals surface area contributed by atoms with E-state index in [0.29, 0.717) is 11.0 Å². The molecule has 0 atom stereocenters. The van der Waals surface area contributed by atoms with Crippen LogP contribution in [-0.2, 0) is 7.05 Å². The zero-order chi connectivity index (χ0) is 12.0. The predicted octanol–water partition coefficient (Wildman–Crippen LogP) is 0.547. The van der Waals surface area contributed by atoms with Crippen molar-refractivity contribution in [2.75, 3.05) is 0 Å². The van der Waals surface area contributed by atoms with Gasteiger partial charge in [0.15, 0.2) is 0 Å². The lowest BCUT2D eigenvalue weighted by Gasteiger charge is -2.08. The van der Waals surface area contributed by atoms with E-state index < -0.39 is 5.69 Å². The Morgan fingerprint density at radius 3 is 2.38 bits per heavy atom. The molecule has 1 N–H and O–H groups in total. The van der Waals surface area contributed by atoms with Crippen molar-refractivity contribution in [2.24, 2.45) is 7.05 Å². The summed E-state index contributed by atoms with van der Waals surface area (Å²) in [5, 5.41) is 0.491. The fourth-order valence-corrected chi connectivity index (χ4v) is 1.74. The molecule has 0 aliphatic carbocycles. The van der Waals surface area contributed by atoms with Crippen LogP contribution in [0.15, 0.2) is 9.59 Å². The van der Waals surface area contributed by atoms with Crippen LogP contribution in [0.1, 0.15) is 16.8 Å². The van der Waals surface area contributed by atoms with E-state index in [9.17, 15) is 9.59 Å². The Morgan fingerprint density at radius 2 is 1.75 bits per heavy atom. The van der Waals surface area contributed by atoms with Crippen LogP contribution < -0.4 is 11.2 Å². The standard InChI is InChI=1S/C11H13N3O2/c1-5-6(2)8-9(12-7(5)3)13-11(16)14(4)10(8)15/h1-4H3,(H,12,13,16). The lowest BCUT2D eigenvalue weighted by atomic mass is 10.1. The zero-order valence-electron chi connectivity index (χ0n) is 9.71. The molecule has 2 heterocycles. The minimum absolute atomic E-state index is 0.299. The summed E-state index contributed by atoms with van der Waals surface area (Å²) in [5.74, 6) is 0. The van der Waals surface area contributed by atoms with Crippen molar-refractivity contribution in [3.05, 3.63) is 37.7 Å². The Hall–Kier alpha value is -1.91. The van der Waals surface area contributed by atoms with Crippen LogP contribution in [0.3, 0.4) is 0 Å². The van der Waals surface area contributed by atoms with Gasteiger partial charge in [0, 0.05) is 12.7 Å². The van der Waals surface area contributed by atoms with Gasteiger partial charge in [0.25, 0.3) is 5.56 Å². The lowest BCUT2D eigenvalue weighted by molar-refractivity contribution is 0.788. The molecule has 0 amide bonds. The summed E-state index contributed by atoms with van der Waals surface area (Å²) in [6.45, 7) is 5.64. The van der Waals surface area contributed by atoms with Gasteiger partial charge in [0.2, 0.25) is 0 Å². The van der Waals surface area contributed by atoms with Crippen molar-refractivity contribution in [1.29, 1.82) is 0 Å². The van der Waals surface area contributed by atoms with Crippen molar-refractivity contribution in [3.63, 3.8) is 0 Å². The highest BCUT2D eigenvalue weighted by molar-refractivity contribution is 5.78. The minimum Gasteiger partial charge on any atom is -0.291 e. The summed E-state index contributed by atoms with van der Waals surface area (Å²) < 4.78 is 1.06. The van der Waals surface area contributed by atoms with Crippen LogP contribution in [0.5, 0.6) is 0 Å². The minimum atomic E-state index is -0.437. The maximum atomic E-state index is 11.9. The van der Waals surface area contributed by atoms with E-state index in [1.54, 1.807) is 0 Å². The lowest BCUT2D eigenvalue weighted by Crippen LogP contribution is -2.33. The summed E-state index contributed by atoms with van der Waals surface area (Å²) in [6, 6.07) is 0. The molecule has 84 valence electrons. The second kappa shape index (κ2) is 3.30. The van der Waals surface area contributed by atoms with Crippen molar-refractivity contribution >= 4 is 11.0 Å². The Balaban J connectivity index is 3.16. The monoisotopic (exact) mass is 219 g/mol. The van der Waals surface area contributed by atoms with Crippen molar-refractivity contribution in [1.82, 2.24) is 14.5 Å². The molecule has 5 heteroatoms. The number of rotatable bonds is 0. The summed E-state index contributed by atoms with van der Waals surface area (Å²) in [6.07, 6.45) is 0. The van der Waals surface area contributed by atoms with Crippen molar-refractivity contribution in [2.45, 2.75) is 20.8 Å². The SMILES string of the molecule is Cc1nc2[nH]c(=O)n(C)c(=O)c2c(C)c1C. The number of nitrogens with zero attached hydrogens (tertiary/aromatic N) is 2. The zero-order valence-corrected chi connectivity index (χ0v) is 9.71. The maximum absolute atomic E-state index is 11.9. The van der Waals surface area contributed by atoms with Gasteiger partial charge in [-0.05, 0) is 31.9 Å². The molecule has 2 aromatic rings. The van der Waals surface area contributed by atoms with Gasteiger partial charge in [-0.2, -0.15) is 0 Å². The first-order valence-electron chi connectivity index (χ1n) is 5.00. The first-order valence-corrected chi connectivity index (χ1v) is 5.00. The molecular weight excluding hydrogens is 206 g/mol. The molecule has 5 nitrogen and oxygen atoms in total. The average molecular weight is 219 g/mol. The van der Waals surface area contributed by atoms with E-state index in [-0.39, 0.29) is 5.56 Å². The molecule has 0 bridgehead atoms. The van der Waals surface area contributed by atoms with Crippen molar-refractivity contribution in [3.8, 4) is 0 Å². The third-order valence-electron chi connectivity index (χ3n) is 3.04. The van der Waals surface area contributed by atoms with Crippen molar-refractivity contribution < 1.29 is 0 Å². The number of aromatic nitrogens is 3. The van der Waals surface area contributed by atoms with Gasteiger partial charge < -0.3 is 0 Å². The van der Waals surface area contributed by atoms with E-state index in [2.05, 4.69) is 9.97 Å². The van der Waals surface area contributed by atoms with Gasteiger partial charge in [0.1, 0.15) is 5.65 Å². The second-order valence-corrected chi connectivity index (χ2v) is 3.97. The van der Waals surface area contributed by atoms with Crippen LogP contribution in [-0.4, -0.2) is 14.5 Å². The van der Waals surface area contributed by atoms with E-state index in [1.165, 1.54) is 7.05 Å². The molecule has 0 aliphatic heterocycles. The number of hydrogen-bond donors (Lipinski definition) is 1. The third-order valence-corrected chi connectivity index (χ3v) is 3.04. The van der Waals surface area contributed by atoms with Gasteiger partial charge in [0.05, 0.1) is 5.39 Å². The molecular formula is C11H13N3O2. The van der Waals surface area contributed by atoms with Crippen LogP contribution in [0, 0.1) is 20.8 Å². The van der Waals surface area contributed by atoms with E-state index in [4.69, 9.17) is 0 Å². The number of fused-ring (bicyclic) bond motifs is 1. The van der Waals surface area contributed by atoms with Crippen LogP contribution in [0.2, 0.25) is 0 Å². The Labute approximate surface area is 91.8 Å². The summed E-state index contributed by atoms with van der Waals surface area (Å²) >= 11 is 0. The molecule has 0 aliphatic rings. The maximum Gasteiger partial charge on any atom is 0.329 e. The third kappa shape index (κ3) is 1.28. The summed E-state index contributed by atoms with van der Waals surface area (Å²) in [4.78, 5) is 30.2. The summed E-state index contributed by atoms with van der Waals surface area (Å²) in [7, 11) is 1.45. The number of pyridine rings is 1. The predicted molar refractivity (Wildman–Crippen MR) is 61.8 cm³/mol. The van der Waals surface area contributed by atoms with Crippen LogP contribution in [0.4, 0.5) is 0 Å².